The van der Waals surface area contributed by atoms with E-state index in [9.17, 15) is 0 Å². The standard InChI is InChI=1S/C9H10O/c1-10-9-6-7-2-4-8(9)5-3-7/h2,4,6H,3,5H2,1H3. The summed E-state index contributed by atoms with van der Waals surface area (Å²) in [4.78, 5) is 0. The van der Waals surface area contributed by atoms with E-state index < -0.39 is 0 Å². The first kappa shape index (κ1) is 5.78. The van der Waals surface area contributed by atoms with Gasteiger partial charge in [0.25, 0.3) is 0 Å². The zero-order valence-electron chi connectivity index (χ0n) is 6.05. The number of rotatable bonds is 1. The summed E-state index contributed by atoms with van der Waals surface area (Å²) in [6.07, 6.45) is 2.35. The van der Waals surface area contributed by atoms with Crippen molar-refractivity contribution in [3.8, 4) is 5.75 Å². The first-order valence-electron chi connectivity index (χ1n) is 3.56. The van der Waals surface area contributed by atoms with Gasteiger partial charge in [-0.1, -0.05) is 12.1 Å². The van der Waals surface area contributed by atoms with Crippen LogP contribution in [0.15, 0.2) is 18.2 Å². The lowest BCUT2D eigenvalue weighted by atomic mass is 9.95. The van der Waals surface area contributed by atoms with Crippen LogP contribution in [0.5, 0.6) is 5.75 Å². The summed E-state index contributed by atoms with van der Waals surface area (Å²) in [5, 5.41) is 0. The predicted molar refractivity (Wildman–Crippen MR) is 40.4 cm³/mol. The molecule has 0 spiro atoms. The summed E-state index contributed by atoms with van der Waals surface area (Å²) >= 11 is 0. The Morgan fingerprint density at radius 3 is 2.50 bits per heavy atom. The van der Waals surface area contributed by atoms with Crippen molar-refractivity contribution in [1.29, 1.82) is 0 Å². The van der Waals surface area contributed by atoms with Crippen molar-refractivity contribution in [3.05, 3.63) is 29.3 Å². The third kappa shape index (κ3) is 0.703. The molecular weight excluding hydrogens is 124 g/mol. The van der Waals surface area contributed by atoms with Crippen molar-refractivity contribution in [2.24, 2.45) is 0 Å². The van der Waals surface area contributed by atoms with Gasteiger partial charge in [-0.25, -0.2) is 0 Å². The van der Waals surface area contributed by atoms with E-state index in [4.69, 9.17) is 4.74 Å². The summed E-state index contributed by atoms with van der Waals surface area (Å²) in [7, 11) is 1.73. The molecule has 1 heteroatoms. The molecule has 0 fully saturated rings. The van der Waals surface area contributed by atoms with Crippen LogP contribution in [0.3, 0.4) is 0 Å². The van der Waals surface area contributed by atoms with Crippen LogP contribution in [0, 0.1) is 0 Å². The van der Waals surface area contributed by atoms with E-state index in [-0.39, 0.29) is 0 Å². The number of aryl methyl sites for hydroxylation is 2. The lowest BCUT2D eigenvalue weighted by Gasteiger charge is -2.15. The van der Waals surface area contributed by atoms with Crippen LogP contribution in [0.2, 0.25) is 0 Å². The Morgan fingerprint density at radius 2 is 2.20 bits per heavy atom. The molecule has 0 amide bonds. The van der Waals surface area contributed by atoms with Gasteiger partial charge in [0.15, 0.2) is 0 Å². The van der Waals surface area contributed by atoms with Gasteiger partial charge in [0.2, 0.25) is 0 Å². The first-order valence-corrected chi connectivity index (χ1v) is 3.56. The highest BCUT2D eigenvalue weighted by atomic mass is 16.5. The molecule has 10 heavy (non-hydrogen) atoms. The van der Waals surface area contributed by atoms with Gasteiger partial charge in [0.1, 0.15) is 5.75 Å². The van der Waals surface area contributed by atoms with Crippen LogP contribution >= 0.6 is 0 Å². The molecule has 2 aliphatic carbocycles. The van der Waals surface area contributed by atoms with E-state index in [0.29, 0.717) is 0 Å². The fourth-order valence-electron chi connectivity index (χ4n) is 1.43. The third-order valence-corrected chi connectivity index (χ3v) is 2.03. The van der Waals surface area contributed by atoms with Gasteiger partial charge < -0.3 is 4.74 Å². The summed E-state index contributed by atoms with van der Waals surface area (Å²) in [5.74, 6) is 1.06. The predicted octanol–water partition coefficient (Wildman–Crippen LogP) is 1.79. The van der Waals surface area contributed by atoms with Crippen molar-refractivity contribution in [3.63, 3.8) is 0 Å². The maximum Gasteiger partial charge on any atom is 0.122 e. The lowest BCUT2D eigenvalue weighted by molar-refractivity contribution is 0.406. The summed E-state index contributed by atoms with van der Waals surface area (Å²) in [6, 6.07) is 6.44. The zero-order chi connectivity index (χ0) is 6.97. The highest BCUT2D eigenvalue weighted by molar-refractivity contribution is 5.41. The molecule has 52 valence electrons. The normalized spacial score (nSPS) is 13.7. The lowest BCUT2D eigenvalue weighted by Crippen LogP contribution is -2.02. The quantitative estimate of drug-likeness (QED) is 0.569. The molecule has 1 aromatic rings. The van der Waals surface area contributed by atoms with Gasteiger partial charge in [-0.3, -0.25) is 0 Å². The molecule has 2 aliphatic rings. The van der Waals surface area contributed by atoms with Crippen molar-refractivity contribution >= 4 is 0 Å². The maximum absolute atomic E-state index is 5.18. The average molecular weight is 134 g/mol. The van der Waals surface area contributed by atoms with Crippen molar-refractivity contribution in [2.45, 2.75) is 12.8 Å². The smallest absolute Gasteiger partial charge is 0.122 e. The molecule has 0 saturated carbocycles. The second-order valence-corrected chi connectivity index (χ2v) is 2.65. The van der Waals surface area contributed by atoms with E-state index >= 15 is 0 Å². The minimum Gasteiger partial charge on any atom is -0.496 e. The Morgan fingerprint density at radius 1 is 1.30 bits per heavy atom. The fourth-order valence-corrected chi connectivity index (χ4v) is 1.43. The van der Waals surface area contributed by atoms with Gasteiger partial charge >= 0.3 is 0 Å². The number of ether oxygens (including phenoxy) is 1. The van der Waals surface area contributed by atoms with E-state index in [0.717, 1.165) is 12.2 Å². The molecule has 0 saturated heterocycles. The third-order valence-electron chi connectivity index (χ3n) is 2.03. The Labute approximate surface area is 60.6 Å². The van der Waals surface area contributed by atoms with Gasteiger partial charge in [0, 0.05) is 0 Å². The molecule has 3 rings (SSSR count). The van der Waals surface area contributed by atoms with E-state index in [2.05, 4.69) is 18.2 Å². The Bertz CT molecular complexity index is 253. The maximum atomic E-state index is 5.18. The molecule has 0 heterocycles. The number of fused-ring (bicyclic) bond motifs is 3. The van der Waals surface area contributed by atoms with Crippen LogP contribution in [0.1, 0.15) is 11.1 Å². The summed E-state index contributed by atoms with van der Waals surface area (Å²) in [6.45, 7) is 0. The van der Waals surface area contributed by atoms with Crippen molar-refractivity contribution in [1.82, 2.24) is 0 Å². The Balaban J connectivity index is 2.55. The first-order chi connectivity index (χ1) is 4.90. The summed E-state index contributed by atoms with van der Waals surface area (Å²) in [5.41, 5.74) is 2.74. The van der Waals surface area contributed by atoms with E-state index in [1.807, 2.05) is 0 Å². The average Bonchev–Trinajstić information content (AvgIpc) is 2.06. The monoisotopic (exact) mass is 134 g/mol. The molecule has 0 radical (unpaired) electrons. The molecular formula is C9H10O. The number of benzene rings is 1. The minimum absolute atomic E-state index is 1.06. The van der Waals surface area contributed by atoms with Gasteiger partial charge in [-0.05, 0) is 30.0 Å². The second kappa shape index (κ2) is 2.01. The van der Waals surface area contributed by atoms with Crippen molar-refractivity contribution < 1.29 is 4.74 Å². The molecule has 1 aromatic carbocycles. The second-order valence-electron chi connectivity index (χ2n) is 2.65. The topological polar surface area (TPSA) is 9.23 Å². The van der Waals surface area contributed by atoms with Crippen LogP contribution < -0.4 is 4.74 Å². The summed E-state index contributed by atoms with van der Waals surface area (Å²) < 4.78 is 5.18. The number of hydrogen-bond acceptors (Lipinski definition) is 1. The zero-order valence-corrected chi connectivity index (χ0v) is 6.05. The van der Waals surface area contributed by atoms with E-state index in [1.54, 1.807) is 7.11 Å². The molecule has 1 nitrogen and oxygen atoms in total. The SMILES string of the molecule is COc1cc2ccc1CC2. The molecule has 0 atom stereocenters. The van der Waals surface area contributed by atoms with Gasteiger partial charge in [-0.2, -0.15) is 0 Å². The fraction of sp³-hybridized carbons (Fsp3) is 0.333. The highest BCUT2D eigenvalue weighted by Crippen LogP contribution is 2.27. The molecule has 0 aromatic heterocycles. The van der Waals surface area contributed by atoms with Crippen LogP contribution in [0.25, 0.3) is 0 Å². The Hall–Kier alpha value is -0.980. The van der Waals surface area contributed by atoms with Crippen molar-refractivity contribution in [2.75, 3.05) is 7.11 Å². The van der Waals surface area contributed by atoms with Gasteiger partial charge in [-0.15, -0.1) is 0 Å². The number of hydrogen-bond donors (Lipinski definition) is 0. The molecule has 0 aliphatic heterocycles. The molecule has 0 N–H and O–H groups in total. The molecule has 2 bridgehead atoms. The number of methoxy groups -OCH3 is 1. The highest BCUT2D eigenvalue weighted by Gasteiger charge is 2.10. The van der Waals surface area contributed by atoms with Crippen LogP contribution in [0.4, 0.5) is 0 Å². The van der Waals surface area contributed by atoms with Crippen LogP contribution in [-0.4, -0.2) is 7.11 Å². The molecule has 0 unspecified atom stereocenters. The Kier molecular flexibility index (Phi) is 1.16. The van der Waals surface area contributed by atoms with Gasteiger partial charge in [0.05, 0.1) is 7.11 Å². The van der Waals surface area contributed by atoms with E-state index in [1.165, 1.54) is 17.5 Å². The van der Waals surface area contributed by atoms with Crippen LogP contribution in [-0.2, 0) is 12.8 Å². The minimum atomic E-state index is 1.06. The largest absolute Gasteiger partial charge is 0.496 e.